The third-order valence-electron chi connectivity index (χ3n) is 3.46. The first kappa shape index (κ1) is 18.0. The molecule has 0 aliphatic rings. The van der Waals surface area contributed by atoms with Crippen molar-refractivity contribution in [1.29, 1.82) is 0 Å². The predicted octanol–water partition coefficient (Wildman–Crippen LogP) is 2.99. The fraction of sp³-hybridized carbons (Fsp3) is 0.316. The Morgan fingerprint density at radius 3 is 2.58 bits per heavy atom. The summed E-state index contributed by atoms with van der Waals surface area (Å²) < 4.78 is 10.6. The molecule has 0 unspecified atom stereocenters. The van der Waals surface area contributed by atoms with Gasteiger partial charge in [-0.3, -0.25) is 4.79 Å². The molecule has 24 heavy (non-hydrogen) atoms. The first-order valence-corrected chi connectivity index (χ1v) is 7.91. The average Bonchev–Trinajstić information content (AvgIpc) is 2.60. The van der Waals surface area contributed by atoms with Gasteiger partial charge in [-0.25, -0.2) is 0 Å². The van der Waals surface area contributed by atoms with Crippen LogP contribution in [0.15, 0.2) is 54.6 Å². The lowest BCUT2D eigenvalue weighted by Gasteiger charge is -2.13. The molecule has 2 N–H and O–H groups in total. The molecule has 5 heteroatoms. The van der Waals surface area contributed by atoms with E-state index < -0.39 is 6.10 Å². The number of anilines is 1. The molecule has 0 aliphatic carbocycles. The number of amides is 1. The molecule has 2 aromatic rings. The average molecular weight is 329 g/mol. The second kappa shape index (κ2) is 9.70. The molecule has 2 rings (SSSR count). The standard InChI is InChI=1S/C19H23NO4/c1-23-14-16(21)11-12-19(22)20-17-9-5-6-10-18(17)24-13-15-7-3-2-4-8-15/h2-10,16,21H,11-14H2,1H3,(H,20,22)/t16-/m0/s1. The molecule has 0 aromatic heterocycles. The van der Waals surface area contributed by atoms with E-state index in [-0.39, 0.29) is 18.9 Å². The van der Waals surface area contributed by atoms with Gasteiger partial charge in [0, 0.05) is 13.5 Å². The Hall–Kier alpha value is -2.37. The van der Waals surface area contributed by atoms with Crippen LogP contribution in [0.2, 0.25) is 0 Å². The molecule has 0 saturated heterocycles. The lowest BCUT2D eigenvalue weighted by atomic mass is 10.2. The highest BCUT2D eigenvalue weighted by atomic mass is 16.5. The zero-order valence-corrected chi connectivity index (χ0v) is 13.8. The summed E-state index contributed by atoms with van der Waals surface area (Å²) in [5.74, 6) is 0.452. The quantitative estimate of drug-likeness (QED) is 0.742. The molecule has 128 valence electrons. The van der Waals surface area contributed by atoms with Crippen LogP contribution in [0.5, 0.6) is 5.75 Å². The normalized spacial score (nSPS) is 11.8. The van der Waals surface area contributed by atoms with Gasteiger partial charge < -0.3 is 19.9 Å². The fourth-order valence-corrected chi connectivity index (χ4v) is 2.22. The van der Waals surface area contributed by atoms with Gasteiger partial charge in [0.05, 0.1) is 18.4 Å². The van der Waals surface area contributed by atoms with Crippen LogP contribution in [0.25, 0.3) is 0 Å². The number of carbonyl (C=O) groups excluding carboxylic acids is 1. The smallest absolute Gasteiger partial charge is 0.224 e. The van der Waals surface area contributed by atoms with Gasteiger partial charge in [0.1, 0.15) is 12.4 Å². The zero-order chi connectivity index (χ0) is 17.2. The fourth-order valence-electron chi connectivity index (χ4n) is 2.22. The SMILES string of the molecule is COC[C@@H](O)CCC(=O)Nc1ccccc1OCc1ccccc1. The number of para-hydroxylation sites is 2. The summed E-state index contributed by atoms with van der Waals surface area (Å²) in [4.78, 5) is 12.0. The van der Waals surface area contributed by atoms with Gasteiger partial charge in [-0.1, -0.05) is 42.5 Å². The first-order valence-electron chi connectivity index (χ1n) is 7.91. The van der Waals surface area contributed by atoms with E-state index >= 15 is 0 Å². The molecule has 0 heterocycles. The van der Waals surface area contributed by atoms with E-state index in [0.29, 0.717) is 24.5 Å². The topological polar surface area (TPSA) is 67.8 Å². The van der Waals surface area contributed by atoms with Crippen molar-refractivity contribution >= 4 is 11.6 Å². The summed E-state index contributed by atoms with van der Waals surface area (Å²) in [6, 6.07) is 17.1. The number of carbonyl (C=O) groups is 1. The molecule has 0 bridgehead atoms. The zero-order valence-electron chi connectivity index (χ0n) is 13.8. The van der Waals surface area contributed by atoms with E-state index in [1.807, 2.05) is 48.5 Å². The minimum Gasteiger partial charge on any atom is -0.487 e. The van der Waals surface area contributed by atoms with E-state index in [1.54, 1.807) is 6.07 Å². The second-order valence-corrected chi connectivity index (χ2v) is 5.47. The molecule has 0 aliphatic heterocycles. The molecule has 1 amide bonds. The number of hydrogen-bond donors (Lipinski definition) is 2. The molecule has 2 aromatic carbocycles. The first-order chi connectivity index (χ1) is 11.7. The summed E-state index contributed by atoms with van der Waals surface area (Å²) in [5.41, 5.74) is 1.68. The number of benzene rings is 2. The summed E-state index contributed by atoms with van der Waals surface area (Å²) >= 11 is 0. The Kier molecular flexibility index (Phi) is 7.26. The van der Waals surface area contributed by atoms with Crippen molar-refractivity contribution in [2.24, 2.45) is 0 Å². The summed E-state index contributed by atoms with van der Waals surface area (Å²) in [6.45, 7) is 0.657. The molecule has 0 saturated carbocycles. The maximum absolute atomic E-state index is 12.0. The second-order valence-electron chi connectivity index (χ2n) is 5.47. The van der Waals surface area contributed by atoms with Crippen LogP contribution in [0.3, 0.4) is 0 Å². The Balaban J connectivity index is 1.89. The van der Waals surface area contributed by atoms with E-state index in [0.717, 1.165) is 5.56 Å². The van der Waals surface area contributed by atoms with E-state index in [9.17, 15) is 9.90 Å². The van der Waals surface area contributed by atoms with Crippen LogP contribution in [0, 0.1) is 0 Å². The summed E-state index contributed by atoms with van der Waals surface area (Å²) in [5, 5.41) is 12.4. The van der Waals surface area contributed by atoms with Gasteiger partial charge in [0.2, 0.25) is 5.91 Å². The minimum absolute atomic E-state index is 0.166. The Bertz CT molecular complexity index is 630. The number of aliphatic hydroxyl groups excluding tert-OH is 1. The number of rotatable bonds is 9. The third-order valence-corrected chi connectivity index (χ3v) is 3.46. The van der Waals surface area contributed by atoms with Crippen molar-refractivity contribution in [3.8, 4) is 5.75 Å². The molecule has 0 spiro atoms. The molecular formula is C19H23NO4. The van der Waals surface area contributed by atoms with E-state index in [4.69, 9.17) is 9.47 Å². The van der Waals surface area contributed by atoms with Crippen molar-refractivity contribution in [2.75, 3.05) is 19.0 Å². The van der Waals surface area contributed by atoms with Crippen LogP contribution in [-0.2, 0) is 16.1 Å². The van der Waals surface area contributed by atoms with Crippen LogP contribution in [-0.4, -0.2) is 30.8 Å². The van der Waals surface area contributed by atoms with Crippen molar-refractivity contribution < 1.29 is 19.4 Å². The lowest BCUT2D eigenvalue weighted by Crippen LogP contribution is -2.19. The number of ether oxygens (including phenoxy) is 2. The maximum Gasteiger partial charge on any atom is 0.224 e. The van der Waals surface area contributed by atoms with E-state index in [1.165, 1.54) is 7.11 Å². The summed E-state index contributed by atoms with van der Waals surface area (Å²) in [6.07, 6.45) is -0.0603. The van der Waals surface area contributed by atoms with Crippen LogP contribution < -0.4 is 10.1 Å². The van der Waals surface area contributed by atoms with Gasteiger partial charge >= 0.3 is 0 Å². The third kappa shape index (κ3) is 6.02. The van der Waals surface area contributed by atoms with E-state index in [2.05, 4.69) is 5.32 Å². The summed E-state index contributed by atoms with van der Waals surface area (Å²) in [7, 11) is 1.52. The van der Waals surface area contributed by atoms with Gasteiger partial charge in [0.25, 0.3) is 0 Å². The molecule has 0 radical (unpaired) electrons. The Morgan fingerprint density at radius 2 is 1.83 bits per heavy atom. The number of hydrogen-bond acceptors (Lipinski definition) is 4. The lowest BCUT2D eigenvalue weighted by molar-refractivity contribution is -0.116. The molecule has 5 nitrogen and oxygen atoms in total. The number of nitrogens with one attached hydrogen (secondary N) is 1. The van der Waals surface area contributed by atoms with Crippen molar-refractivity contribution in [1.82, 2.24) is 0 Å². The predicted molar refractivity (Wildman–Crippen MR) is 93.0 cm³/mol. The Labute approximate surface area is 142 Å². The highest BCUT2D eigenvalue weighted by molar-refractivity contribution is 5.92. The van der Waals surface area contributed by atoms with Crippen molar-refractivity contribution in [2.45, 2.75) is 25.6 Å². The van der Waals surface area contributed by atoms with Gasteiger partial charge in [-0.15, -0.1) is 0 Å². The highest BCUT2D eigenvalue weighted by Gasteiger charge is 2.10. The largest absolute Gasteiger partial charge is 0.487 e. The minimum atomic E-state index is -0.634. The van der Waals surface area contributed by atoms with Crippen LogP contribution in [0.4, 0.5) is 5.69 Å². The number of methoxy groups -OCH3 is 1. The van der Waals surface area contributed by atoms with Crippen LogP contribution >= 0.6 is 0 Å². The number of aliphatic hydroxyl groups is 1. The Morgan fingerprint density at radius 1 is 1.12 bits per heavy atom. The van der Waals surface area contributed by atoms with Gasteiger partial charge in [-0.2, -0.15) is 0 Å². The maximum atomic E-state index is 12.0. The van der Waals surface area contributed by atoms with Crippen LogP contribution in [0.1, 0.15) is 18.4 Å². The monoisotopic (exact) mass is 329 g/mol. The van der Waals surface area contributed by atoms with Gasteiger partial charge in [-0.05, 0) is 24.1 Å². The van der Waals surface area contributed by atoms with Gasteiger partial charge in [0.15, 0.2) is 0 Å². The molecule has 1 atom stereocenters. The van der Waals surface area contributed by atoms with Crippen molar-refractivity contribution in [3.05, 3.63) is 60.2 Å². The highest BCUT2D eigenvalue weighted by Crippen LogP contribution is 2.25. The molecule has 0 fully saturated rings. The van der Waals surface area contributed by atoms with Crippen molar-refractivity contribution in [3.63, 3.8) is 0 Å². The molecular weight excluding hydrogens is 306 g/mol.